The highest BCUT2D eigenvalue weighted by atomic mass is 16.1. The smallest absolute Gasteiger partial charge is 0.273 e. The summed E-state index contributed by atoms with van der Waals surface area (Å²) in [6.45, 7) is 2.02. The lowest BCUT2D eigenvalue weighted by Gasteiger charge is -2.09. The number of hydrogen-bond acceptors (Lipinski definition) is 2. The van der Waals surface area contributed by atoms with Gasteiger partial charge < -0.3 is 4.40 Å². The summed E-state index contributed by atoms with van der Waals surface area (Å²) in [5, 5.41) is 0. The van der Waals surface area contributed by atoms with E-state index in [9.17, 15) is 4.79 Å². The minimum Gasteiger partial charge on any atom is -0.301 e. The maximum absolute atomic E-state index is 11.6. The van der Waals surface area contributed by atoms with Crippen LogP contribution in [0.15, 0.2) is 59.5 Å². The third kappa shape index (κ3) is 1.80. The standard InChI is InChI=1S/C15H12N2O/c1-11-7-8-14-16-15(18)9-13(17(14)10-11)12-5-3-2-4-6-12/h2-10H,1H3. The summed E-state index contributed by atoms with van der Waals surface area (Å²) < 4.78 is 1.95. The molecular formula is C15H12N2O. The number of pyridine rings is 1. The fourth-order valence-electron chi connectivity index (χ4n) is 2.05. The van der Waals surface area contributed by atoms with Crippen LogP contribution < -0.4 is 5.56 Å². The van der Waals surface area contributed by atoms with Crippen LogP contribution in [0.4, 0.5) is 0 Å². The Morgan fingerprint density at radius 1 is 1.06 bits per heavy atom. The molecule has 3 aromatic rings. The molecule has 0 spiro atoms. The second-order valence-electron chi connectivity index (χ2n) is 4.28. The van der Waals surface area contributed by atoms with Crippen LogP contribution in [0.2, 0.25) is 0 Å². The average molecular weight is 236 g/mol. The van der Waals surface area contributed by atoms with Crippen LogP contribution in [-0.4, -0.2) is 9.38 Å². The van der Waals surface area contributed by atoms with Gasteiger partial charge in [-0.1, -0.05) is 36.4 Å². The molecule has 18 heavy (non-hydrogen) atoms. The van der Waals surface area contributed by atoms with Gasteiger partial charge in [-0.3, -0.25) is 4.79 Å². The molecule has 0 amide bonds. The average Bonchev–Trinajstić information content (AvgIpc) is 2.39. The Labute approximate surface area is 104 Å². The molecule has 0 aliphatic carbocycles. The van der Waals surface area contributed by atoms with Crippen LogP contribution in [0.25, 0.3) is 16.9 Å². The minimum absolute atomic E-state index is 0.210. The number of fused-ring (bicyclic) bond motifs is 1. The first-order chi connectivity index (χ1) is 8.74. The lowest BCUT2D eigenvalue weighted by molar-refractivity contribution is 1.07. The minimum atomic E-state index is -0.210. The molecule has 0 saturated carbocycles. The first kappa shape index (κ1) is 10.7. The summed E-state index contributed by atoms with van der Waals surface area (Å²) in [4.78, 5) is 15.6. The van der Waals surface area contributed by atoms with E-state index in [1.54, 1.807) is 6.07 Å². The maximum Gasteiger partial charge on any atom is 0.273 e. The maximum atomic E-state index is 11.6. The molecule has 0 unspecified atom stereocenters. The van der Waals surface area contributed by atoms with Crippen molar-refractivity contribution in [2.45, 2.75) is 6.92 Å². The molecule has 88 valence electrons. The molecular weight excluding hydrogens is 224 g/mol. The largest absolute Gasteiger partial charge is 0.301 e. The van der Waals surface area contributed by atoms with Crippen molar-refractivity contribution in [1.82, 2.24) is 9.38 Å². The molecule has 3 heteroatoms. The van der Waals surface area contributed by atoms with E-state index in [0.717, 1.165) is 16.8 Å². The molecule has 0 atom stereocenters. The first-order valence-corrected chi connectivity index (χ1v) is 5.79. The highest BCUT2D eigenvalue weighted by Gasteiger charge is 2.05. The quantitative estimate of drug-likeness (QED) is 0.651. The van der Waals surface area contributed by atoms with Crippen molar-refractivity contribution in [3.05, 3.63) is 70.6 Å². The Morgan fingerprint density at radius 3 is 2.61 bits per heavy atom. The molecule has 0 N–H and O–H groups in total. The molecule has 3 rings (SSSR count). The molecule has 1 aromatic carbocycles. The molecule has 0 aliphatic rings. The third-order valence-corrected chi connectivity index (χ3v) is 2.89. The third-order valence-electron chi connectivity index (χ3n) is 2.89. The van der Waals surface area contributed by atoms with Gasteiger partial charge in [-0.15, -0.1) is 0 Å². The molecule has 3 nitrogen and oxygen atoms in total. The van der Waals surface area contributed by atoms with Crippen molar-refractivity contribution in [1.29, 1.82) is 0 Å². The van der Waals surface area contributed by atoms with E-state index in [1.165, 1.54) is 0 Å². The fraction of sp³-hybridized carbons (Fsp3) is 0.0667. The van der Waals surface area contributed by atoms with Gasteiger partial charge in [0.25, 0.3) is 5.56 Å². The van der Waals surface area contributed by atoms with Crippen molar-refractivity contribution in [2.24, 2.45) is 0 Å². The fourth-order valence-corrected chi connectivity index (χ4v) is 2.05. The predicted octanol–water partition coefficient (Wildman–Crippen LogP) is 2.67. The second-order valence-corrected chi connectivity index (χ2v) is 4.28. The van der Waals surface area contributed by atoms with E-state index in [4.69, 9.17) is 0 Å². The van der Waals surface area contributed by atoms with Gasteiger partial charge >= 0.3 is 0 Å². The monoisotopic (exact) mass is 236 g/mol. The molecule has 0 saturated heterocycles. The Hall–Kier alpha value is -2.42. The Balaban J connectivity index is 2.41. The van der Waals surface area contributed by atoms with E-state index < -0.39 is 0 Å². The molecule has 2 heterocycles. The van der Waals surface area contributed by atoms with Crippen LogP contribution in [0.5, 0.6) is 0 Å². The van der Waals surface area contributed by atoms with Gasteiger partial charge in [0.1, 0.15) is 5.65 Å². The van der Waals surface area contributed by atoms with E-state index >= 15 is 0 Å². The van der Waals surface area contributed by atoms with Gasteiger partial charge in [0.15, 0.2) is 0 Å². The summed E-state index contributed by atoms with van der Waals surface area (Å²) in [5.41, 5.74) is 3.47. The molecule has 0 fully saturated rings. The van der Waals surface area contributed by atoms with Gasteiger partial charge in [-0.05, 0) is 24.1 Å². The normalized spacial score (nSPS) is 10.7. The predicted molar refractivity (Wildman–Crippen MR) is 71.6 cm³/mol. The Bertz CT molecular complexity index is 760. The van der Waals surface area contributed by atoms with Gasteiger partial charge in [0.2, 0.25) is 0 Å². The summed E-state index contributed by atoms with van der Waals surface area (Å²) in [7, 11) is 0. The number of aryl methyl sites for hydroxylation is 1. The van der Waals surface area contributed by atoms with Gasteiger partial charge in [0.05, 0.1) is 5.69 Å². The van der Waals surface area contributed by atoms with Crippen molar-refractivity contribution < 1.29 is 0 Å². The topological polar surface area (TPSA) is 34.4 Å². The molecule has 0 bridgehead atoms. The Morgan fingerprint density at radius 2 is 1.83 bits per heavy atom. The van der Waals surface area contributed by atoms with Crippen molar-refractivity contribution in [3.63, 3.8) is 0 Å². The van der Waals surface area contributed by atoms with Crippen LogP contribution >= 0.6 is 0 Å². The number of rotatable bonds is 1. The first-order valence-electron chi connectivity index (χ1n) is 5.79. The lowest BCUT2D eigenvalue weighted by atomic mass is 10.1. The van der Waals surface area contributed by atoms with Gasteiger partial charge in [0, 0.05) is 12.3 Å². The molecule has 0 aliphatic heterocycles. The number of benzene rings is 1. The van der Waals surface area contributed by atoms with Crippen LogP contribution in [0.1, 0.15) is 5.56 Å². The molecule has 0 radical (unpaired) electrons. The SMILES string of the molecule is Cc1ccc2nc(=O)cc(-c3ccccc3)n2c1. The van der Waals surface area contributed by atoms with Gasteiger partial charge in [-0.2, -0.15) is 4.98 Å². The van der Waals surface area contributed by atoms with Crippen LogP contribution in [0, 0.1) is 6.92 Å². The van der Waals surface area contributed by atoms with E-state index in [-0.39, 0.29) is 5.56 Å². The van der Waals surface area contributed by atoms with Crippen LogP contribution in [-0.2, 0) is 0 Å². The van der Waals surface area contributed by atoms with E-state index in [0.29, 0.717) is 5.65 Å². The van der Waals surface area contributed by atoms with Crippen molar-refractivity contribution >= 4 is 5.65 Å². The highest BCUT2D eigenvalue weighted by molar-refractivity contribution is 5.62. The summed E-state index contributed by atoms with van der Waals surface area (Å²) >= 11 is 0. The Kier molecular flexibility index (Phi) is 2.45. The number of nitrogens with zero attached hydrogens (tertiary/aromatic N) is 2. The summed E-state index contributed by atoms with van der Waals surface area (Å²) in [6.07, 6.45) is 1.99. The zero-order chi connectivity index (χ0) is 12.5. The van der Waals surface area contributed by atoms with Gasteiger partial charge in [-0.25, -0.2) is 0 Å². The van der Waals surface area contributed by atoms with Crippen LogP contribution in [0.3, 0.4) is 0 Å². The zero-order valence-electron chi connectivity index (χ0n) is 10.00. The summed E-state index contributed by atoms with van der Waals surface area (Å²) in [6, 6.07) is 15.3. The molecule has 2 aromatic heterocycles. The van der Waals surface area contributed by atoms with E-state index in [1.807, 2.05) is 60.0 Å². The lowest BCUT2D eigenvalue weighted by Crippen LogP contribution is -2.10. The summed E-state index contributed by atoms with van der Waals surface area (Å²) in [5.74, 6) is 0. The number of hydrogen-bond donors (Lipinski definition) is 0. The van der Waals surface area contributed by atoms with E-state index in [2.05, 4.69) is 4.98 Å². The zero-order valence-corrected chi connectivity index (χ0v) is 10.00. The van der Waals surface area contributed by atoms with Crippen molar-refractivity contribution in [2.75, 3.05) is 0 Å². The second kappa shape index (κ2) is 4.11. The van der Waals surface area contributed by atoms with Crippen molar-refractivity contribution in [3.8, 4) is 11.3 Å². The number of aromatic nitrogens is 2. The highest BCUT2D eigenvalue weighted by Crippen LogP contribution is 2.18.